The van der Waals surface area contributed by atoms with Gasteiger partial charge in [-0.15, -0.1) is 0 Å². The topological polar surface area (TPSA) is 30.0 Å². The van der Waals surface area contributed by atoms with Gasteiger partial charge in [0, 0.05) is 51.9 Å². The van der Waals surface area contributed by atoms with Crippen molar-refractivity contribution in [3.63, 3.8) is 0 Å². The second kappa shape index (κ2) is 6.75. The monoisotopic (exact) mass is 329 g/mol. The van der Waals surface area contributed by atoms with E-state index in [0.29, 0.717) is 6.04 Å². The average molecular weight is 329 g/mol. The molecule has 0 aromatic heterocycles. The molecule has 4 heteroatoms. The molecule has 3 aliphatic rings. The lowest BCUT2D eigenvalue weighted by Crippen LogP contribution is -2.71. The molecule has 2 atom stereocenters. The minimum Gasteiger partial charge on any atom is -0.394 e. The molecule has 24 heavy (non-hydrogen) atoms. The van der Waals surface area contributed by atoms with Crippen LogP contribution in [0.5, 0.6) is 0 Å². The molecule has 1 aromatic rings. The highest BCUT2D eigenvalue weighted by atomic mass is 16.3. The zero-order valence-corrected chi connectivity index (χ0v) is 14.9. The number of hydrogen-bond acceptors (Lipinski definition) is 4. The predicted octanol–water partition coefficient (Wildman–Crippen LogP) is 1.65. The van der Waals surface area contributed by atoms with Crippen molar-refractivity contribution in [1.82, 2.24) is 14.7 Å². The first kappa shape index (κ1) is 16.5. The maximum absolute atomic E-state index is 10.1. The number of piperazine rings is 2. The van der Waals surface area contributed by atoms with E-state index in [1.165, 1.54) is 31.5 Å². The highest BCUT2D eigenvalue weighted by Gasteiger charge is 2.45. The summed E-state index contributed by atoms with van der Waals surface area (Å²) in [5.41, 5.74) is 1.26. The van der Waals surface area contributed by atoms with Gasteiger partial charge in [0.15, 0.2) is 0 Å². The van der Waals surface area contributed by atoms with Gasteiger partial charge in [-0.1, -0.05) is 30.3 Å². The molecular weight excluding hydrogens is 298 g/mol. The van der Waals surface area contributed by atoms with E-state index in [1.54, 1.807) is 0 Å². The van der Waals surface area contributed by atoms with Crippen LogP contribution in [0.4, 0.5) is 0 Å². The molecule has 2 unspecified atom stereocenters. The molecule has 2 saturated heterocycles. The van der Waals surface area contributed by atoms with Crippen molar-refractivity contribution in [3.05, 3.63) is 35.9 Å². The van der Waals surface area contributed by atoms with Gasteiger partial charge in [-0.05, 0) is 31.2 Å². The van der Waals surface area contributed by atoms with Gasteiger partial charge in [0.05, 0.1) is 12.1 Å². The summed E-state index contributed by atoms with van der Waals surface area (Å²) in [5.74, 6) is 0.963. The van der Waals surface area contributed by atoms with Crippen molar-refractivity contribution in [3.8, 4) is 0 Å². The molecule has 1 saturated carbocycles. The van der Waals surface area contributed by atoms with E-state index in [9.17, 15) is 5.11 Å². The first-order valence-electron chi connectivity index (χ1n) is 9.52. The molecule has 3 fully saturated rings. The molecule has 2 aliphatic heterocycles. The highest BCUT2D eigenvalue weighted by Crippen LogP contribution is 2.33. The minimum absolute atomic E-state index is 0.108. The molecule has 0 amide bonds. The van der Waals surface area contributed by atoms with Gasteiger partial charge in [0.1, 0.15) is 0 Å². The maximum Gasteiger partial charge on any atom is 0.0625 e. The van der Waals surface area contributed by atoms with Gasteiger partial charge in [-0.25, -0.2) is 0 Å². The Hall–Kier alpha value is -0.940. The van der Waals surface area contributed by atoms with Crippen LogP contribution in [-0.2, 0) is 6.54 Å². The number of hydrogen-bond donors (Lipinski definition) is 1. The number of nitrogens with zero attached hydrogens (tertiary/aromatic N) is 3. The average Bonchev–Trinajstić information content (AvgIpc) is 3.39. The molecule has 1 aliphatic carbocycles. The third-order valence-corrected chi connectivity index (χ3v) is 6.10. The summed E-state index contributed by atoms with van der Waals surface area (Å²) in [5, 5.41) is 10.1. The Morgan fingerprint density at radius 2 is 1.83 bits per heavy atom. The Bertz CT molecular complexity index is 547. The van der Waals surface area contributed by atoms with Gasteiger partial charge in [0.25, 0.3) is 0 Å². The Morgan fingerprint density at radius 1 is 1.08 bits per heavy atom. The van der Waals surface area contributed by atoms with Crippen LogP contribution in [-0.4, -0.2) is 77.3 Å². The van der Waals surface area contributed by atoms with Crippen molar-refractivity contribution in [2.24, 2.45) is 5.92 Å². The van der Waals surface area contributed by atoms with E-state index in [-0.39, 0.29) is 12.1 Å². The van der Waals surface area contributed by atoms with Crippen LogP contribution in [0.2, 0.25) is 0 Å². The summed E-state index contributed by atoms with van der Waals surface area (Å²) < 4.78 is 0. The number of aliphatic hydroxyl groups excluding tert-OH is 1. The molecule has 0 radical (unpaired) electrons. The van der Waals surface area contributed by atoms with Crippen molar-refractivity contribution in [2.45, 2.75) is 37.9 Å². The standard InChI is InChI=1S/C20H31N3O/c1-20(16-24)15-22(12-17-5-3-2-4-6-17)14-19-13-21(9-10-23(19)20)11-18-7-8-18/h2-6,18-19,24H,7-16H2,1H3. The van der Waals surface area contributed by atoms with Crippen LogP contribution in [0.15, 0.2) is 30.3 Å². The van der Waals surface area contributed by atoms with E-state index in [0.717, 1.165) is 38.6 Å². The molecular formula is C20H31N3O. The van der Waals surface area contributed by atoms with Crippen LogP contribution in [0.1, 0.15) is 25.3 Å². The zero-order valence-electron chi connectivity index (χ0n) is 14.9. The van der Waals surface area contributed by atoms with Crippen LogP contribution in [0, 0.1) is 5.92 Å². The Balaban J connectivity index is 1.46. The summed E-state index contributed by atoms with van der Waals surface area (Å²) in [4.78, 5) is 7.81. The Labute approximate surface area is 146 Å². The lowest BCUT2D eigenvalue weighted by atomic mass is 9.91. The summed E-state index contributed by atoms with van der Waals surface area (Å²) >= 11 is 0. The van der Waals surface area contributed by atoms with Gasteiger partial charge < -0.3 is 10.0 Å². The fourth-order valence-electron chi connectivity index (χ4n) is 4.66. The van der Waals surface area contributed by atoms with Crippen molar-refractivity contribution in [2.75, 3.05) is 45.9 Å². The summed E-state index contributed by atoms with van der Waals surface area (Å²) in [6, 6.07) is 11.3. The molecule has 4 nitrogen and oxygen atoms in total. The molecule has 0 spiro atoms. The van der Waals surface area contributed by atoms with Crippen LogP contribution < -0.4 is 0 Å². The predicted molar refractivity (Wildman–Crippen MR) is 96.9 cm³/mol. The van der Waals surface area contributed by atoms with Crippen molar-refractivity contribution in [1.29, 1.82) is 0 Å². The van der Waals surface area contributed by atoms with E-state index in [2.05, 4.69) is 52.0 Å². The third-order valence-electron chi connectivity index (χ3n) is 6.10. The Morgan fingerprint density at radius 3 is 2.54 bits per heavy atom. The molecule has 4 rings (SSSR count). The van der Waals surface area contributed by atoms with E-state index in [4.69, 9.17) is 0 Å². The smallest absolute Gasteiger partial charge is 0.0625 e. The van der Waals surface area contributed by atoms with Crippen LogP contribution in [0.3, 0.4) is 0 Å². The molecule has 132 valence electrons. The molecule has 1 N–H and O–H groups in total. The van der Waals surface area contributed by atoms with Gasteiger partial charge in [-0.3, -0.25) is 9.80 Å². The first-order chi connectivity index (χ1) is 11.7. The normalized spacial score (nSPS) is 32.7. The third kappa shape index (κ3) is 3.52. The summed E-state index contributed by atoms with van der Waals surface area (Å²) in [6.07, 6.45) is 2.86. The van der Waals surface area contributed by atoms with Crippen molar-refractivity contribution < 1.29 is 5.11 Å². The second-order valence-corrected chi connectivity index (χ2v) is 8.36. The second-order valence-electron chi connectivity index (χ2n) is 8.36. The van der Waals surface area contributed by atoms with Gasteiger partial charge >= 0.3 is 0 Å². The van der Waals surface area contributed by atoms with Gasteiger partial charge in [0.2, 0.25) is 0 Å². The van der Waals surface area contributed by atoms with E-state index in [1.807, 2.05) is 0 Å². The zero-order chi connectivity index (χ0) is 16.6. The van der Waals surface area contributed by atoms with E-state index < -0.39 is 0 Å². The number of aliphatic hydroxyl groups is 1. The SMILES string of the molecule is CC1(CO)CN(Cc2ccccc2)CC2CN(CC3CC3)CCN21. The first-order valence-corrected chi connectivity index (χ1v) is 9.52. The van der Waals surface area contributed by atoms with Crippen LogP contribution >= 0.6 is 0 Å². The largest absolute Gasteiger partial charge is 0.394 e. The molecule has 1 aromatic carbocycles. The Kier molecular flexibility index (Phi) is 4.65. The fourth-order valence-corrected chi connectivity index (χ4v) is 4.66. The fraction of sp³-hybridized carbons (Fsp3) is 0.700. The number of rotatable bonds is 5. The van der Waals surface area contributed by atoms with Crippen molar-refractivity contribution >= 4 is 0 Å². The maximum atomic E-state index is 10.1. The lowest BCUT2D eigenvalue weighted by Gasteiger charge is -2.56. The van der Waals surface area contributed by atoms with E-state index >= 15 is 0 Å². The van der Waals surface area contributed by atoms with Gasteiger partial charge in [-0.2, -0.15) is 0 Å². The van der Waals surface area contributed by atoms with Crippen LogP contribution in [0.25, 0.3) is 0 Å². The number of fused-ring (bicyclic) bond motifs is 1. The highest BCUT2D eigenvalue weighted by molar-refractivity contribution is 5.15. The molecule has 0 bridgehead atoms. The summed E-state index contributed by atoms with van der Waals surface area (Å²) in [7, 11) is 0. The number of benzene rings is 1. The molecule has 2 heterocycles. The summed E-state index contributed by atoms with van der Waals surface area (Å²) in [6.45, 7) is 10.3. The quantitative estimate of drug-likeness (QED) is 0.890. The lowest BCUT2D eigenvalue weighted by molar-refractivity contribution is -0.0944. The minimum atomic E-state index is -0.108.